The molecule has 102 valence electrons. The number of nitrogens with zero attached hydrogens (tertiary/aromatic N) is 1. The first-order chi connectivity index (χ1) is 8.44. The van der Waals surface area contributed by atoms with Crippen molar-refractivity contribution in [2.75, 3.05) is 6.61 Å². The molecule has 0 aliphatic rings. The van der Waals surface area contributed by atoms with Gasteiger partial charge in [0, 0.05) is 18.4 Å². The van der Waals surface area contributed by atoms with E-state index in [-0.39, 0.29) is 12.6 Å². The van der Waals surface area contributed by atoms with Gasteiger partial charge in [0.2, 0.25) is 0 Å². The molecule has 0 fully saturated rings. The molecule has 6 heteroatoms. The number of nitrogens with two attached hydrogens (primary N) is 1. The molecule has 0 saturated heterocycles. The predicted molar refractivity (Wildman–Crippen MR) is 61.9 cm³/mol. The van der Waals surface area contributed by atoms with Crippen molar-refractivity contribution in [3.63, 3.8) is 0 Å². The molecule has 1 heterocycles. The highest BCUT2D eigenvalue weighted by Gasteiger charge is 2.28. The first-order valence-electron chi connectivity index (χ1n) is 5.78. The Morgan fingerprint density at radius 1 is 1.33 bits per heavy atom. The van der Waals surface area contributed by atoms with E-state index < -0.39 is 18.7 Å². The van der Waals surface area contributed by atoms with Crippen molar-refractivity contribution in [2.45, 2.75) is 38.1 Å². The molecule has 2 unspecified atom stereocenters. The van der Waals surface area contributed by atoms with E-state index in [1.807, 2.05) is 6.92 Å². The number of hydrogen-bond donors (Lipinski definition) is 1. The Kier molecular flexibility index (Phi) is 5.55. The second kappa shape index (κ2) is 6.70. The second-order valence-corrected chi connectivity index (χ2v) is 4.01. The molecule has 0 aliphatic heterocycles. The van der Waals surface area contributed by atoms with Crippen LogP contribution < -0.4 is 5.73 Å². The SMILES string of the molecule is CCC(N)C(OCCC(F)(F)F)c1ccncc1. The van der Waals surface area contributed by atoms with Gasteiger partial charge in [-0.1, -0.05) is 6.92 Å². The van der Waals surface area contributed by atoms with Crippen molar-refractivity contribution in [1.29, 1.82) is 0 Å². The lowest BCUT2D eigenvalue weighted by molar-refractivity contribution is -0.150. The molecule has 0 bridgehead atoms. The Labute approximate surface area is 104 Å². The highest BCUT2D eigenvalue weighted by atomic mass is 19.4. The van der Waals surface area contributed by atoms with Gasteiger partial charge in [-0.15, -0.1) is 0 Å². The number of ether oxygens (including phenoxy) is 1. The summed E-state index contributed by atoms with van der Waals surface area (Å²) in [5.74, 6) is 0. The molecular weight excluding hydrogens is 245 g/mol. The van der Waals surface area contributed by atoms with Crippen molar-refractivity contribution < 1.29 is 17.9 Å². The van der Waals surface area contributed by atoms with E-state index in [0.717, 1.165) is 5.56 Å². The van der Waals surface area contributed by atoms with Crippen molar-refractivity contribution in [3.05, 3.63) is 30.1 Å². The fraction of sp³-hybridized carbons (Fsp3) is 0.583. The van der Waals surface area contributed by atoms with E-state index in [2.05, 4.69) is 4.98 Å². The number of halogens is 3. The molecule has 0 radical (unpaired) electrons. The van der Waals surface area contributed by atoms with Crippen LogP contribution in [-0.2, 0) is 4.74 Å². The zero-order valence-corrected chi connectivity index (χ0v) is 10.2. The van der Waals surface area contributed by atoms with Gasteiger partial charge in [-0.2, -0.15) is 13.2 Å². The summed E-state index contributed by atoms with van der Waals surface area (Å²) >= 11 is 0. The Morgan fingerprint density at radius 2 is 1.94 bits per heavy atom. The number of rotatable bonds is 6. The van der Waals surface area contributed by atoms with Crippen LogP contribution in [0.25, 0.3) is 0 Å². The van der Waals surface area contributed by atoms with E-state index >= 15 is 0 Å². The monoisotopic (exact) mass is 262 g/mol. The maximum atomic E-state index is 12.1. The van der Waals surface area contributed by atoms with Crippen LogP contribution in [0, 0.1) is 0 Å². The lowest BCUT2D eigenvalue weighted by Gasteiger charge is -2.24. The van der Waals surface area contributed by atoms with Crippen LogP contribution in [0.5, 0.6) is 0 Å². The molecule has 0 saturated carbocycles. The summed E-state index contributed by atoms with van der Waals surface area (Å²) in [4.78, 5) is 3.86. The smallest absolute Gasteiger partial charge is 0.372 e. The molecule has 0 aliphatic carbocycles. The van der Waals surface area contributed by atoms with Crippen molar-refractivity contribution >= 4 is 0 Å². The van der Waals surface area contributed by atoms with E-state index in [1.165, 1.54) is 0 Å². The minimum atomic E-state index is -4.21. The van der Waals surface area contributed by atoms with E-state index in [9.17, 15) is 13.2 Å². The van der Waals surface area contributed by atoms with E-state index in [4.69, 9.17) is 10.5 Å². The first-order valence-corrected chi connectivity index (χ1v) is 5.78. The van der Waals surface area contributed by atoms with Gasteiger partial charge in [0.05, 0.1) is 19.1 Å². The third-order valence-electron chi connectivity index (χ3n) is 2.58. The molecule has 0 amide bonds. The lowest BCUT2D eigenvalue weighted by Crippen LogP contribution is -2.30. The van der Waals surface area contributed by atoms with Gasteiger partial charge in [0.25, 0.3) is 0 Å². The van der Waals surface area contributed by atoms with Crippen LogP contribution in [0.15, 0.2) is 24.5 Å². The number of pyridine rings is 1. The summed E-state index contributed by atoms with van der Waals surface area (Å²) in [6, 6.07) is 3.07. The minimum Gasteiger partial charge on any atom is -0.372 e. The molecule has 1 rings (SSSR count). The molecule has 0 aromatic carbocycles. The fourth-order valence-electron chi connectivity index (χ4n) is 1.54. The third-order valence-corrected chi connectivity index (χ3v) is 2.58. The van der Waals surface area contributed by atoms with Gasteiger partial charge < -0.3 is 10.5 Å². The largest absolute Gasteiger partial charge is 0.391 e. The molecule has 1 aromatic rings. The minimum absolute atomic E-state index is 0.333. The zero-order chi connectivity index (χ0) is 13.6. The van der Waals surface area contributed by atoms with Crippen molar-refractivity contribution in [1.82, 2.24) is 4.98 Å². The summed E-state index contributed by atoms with van der Waals surface area (Å²) in [5, 5.41) is 0. The molecule has 1 aromatic heterocycles. The van der Waals surface area contributed by atoms with Gasteiger partial charge >= 0.3 is 6.18 Å². The number of alkyl halides is 3. The molecule has 0 spiro atoms. The molecular formula is C12H17F3N2O. The Bertz CT molecular complexity index is 343. The van der Waals surface area contributed by atoms with Crippen molar-refractivity contribution in [2.24, 2.45) is 5.73 Å². The summed E-state index contributed by atoms with van der Waals surface area (Å²) in [7, 11) is 0. The summed E-state index contributed by atoms with van der Waals surface area (Å²) < 4.78 is 41.5. The summed E-state index contributed by atoms with van der Waals surface area (Å²) in [6.07, 6.45) is -1.95. The van der Waals surface area contributed by atoms with Crippen LogP contribution in [0.1, 0.15) is 31.4 Å². The van der Waals surface area contributed by atoms with E-state index in [1.54, 1.807) is 24.5 Å². The van der Waals surface area contributed by atoms with Gasteiger partial charge in [-0.05, 0) is 24.1 Å². The highest BCUT2D eigenvalue weighted by molar-refractivity contribution is 5.15. The van der Waals surface area contributed by atoms with Gasteiger partial charge in [-0.25, -0.2) is 0 Å². The third kappa shape index (κ3) is 5.01. The van der Waals surface area contributed by atoms with Crippen LogP contribution in [-0.4, -0.2) is 23.8 Å². The molecule has 2 N–H and O–H groups in total. The zero-order valence-electron chi connectivity index (χ0n) is 10.2. The van der Waals surface area contributed by atoms with Crippen LogP contribution >= 0.6 is 0 Å². The maximum absolute atomic E-state index is 12.1. The maximum Gasteiger partial charge on any atom is 0.391 e. The predicted octanol–water partition coefficient (Wildman–Crippen LogP) is 2.83. The number of aromatic nitrogens is 1. The topological polar surface area (TPSA) is 48.1 Å². The molecule has 2 atom stereocenters. The van der Waals surface area contributed by atoms with E-state index in [0.29, 0.717) is 6.42 Å². The summed E-state index contributed by atoms with van der Waals surface area (Å²) in [6.45, 7) is 1.48. The van der Waals surface area contributed by atoms with Crippen LogP contribution in [0.4, 0.5) is 13.2 Å². The van der Waals surface area contributed by atoms with Crippen LogP contribution in [0.3, 0.4) is 0 Å². The normalized spacial score (nSPS) is 15.4. The number of hydrogen-bond acceptors (Lipinski definition) is 3. The van der Waals surface area contributed by atoms with Gasteiger partial charge in [-0.3, -0.25) is 4.98 Å². The fourth-order valence-corrected chi connectivity index (χ4v) is 1.54. The average Bonchev–Trinajstić information content (AvgIpc) is 2.33. The average molecular weight is 262 g/mol. The highest BCUT2D eigenvalue weighted by Crippen LogP contribution is 2.25. The van der Waals surface area contributed by atoms with Crippen molar-refractivity contribution in [3.8, 4) is 0 Å². The quantitative estimate of drug-likeness (QED) is 0.857. The second-order valence-electron chi connectivity index (χ2n) is 4.01. The first kappa shape index (κ1) is 14.9. The molecule has 18 heavy (non-hydrogen) atoms. The Balaban J connectivity index is 2.63. The lowest BCUT2D eigenvalue weighted by atomic mass is 10.0. The van der Waals surface area contributed by atoms with Gasteiger partial charge in [0.15, 0.2) is 0 Å². The summed E-state index contributed by atoms with van der Waals surface area (Å²) in [5.41, 5.74) is 6.62. The Morgan fingerprint density at radius 3 is 2.44 bits per heavy atom. The standard InChI is InChI=1S/C12H17F3N2O/c1-2-10(16)11(9-3-6-17-7-4-9)18-8-5-12(13,14)15/h3-4,6-7,10-11H,2,5,8,16H2,1H3. The Hall–Kier alpha value is -1.14. The van der Waals surface area contributed by atoms with Crippen LogP contribution in [0.2, 0.25) is 0 Å². The molecule has 3 nitrogen and oxygen atoms in total. The van der Waals surface area contributed by atoms with Gasteiger partial charge in [0.1, 0.15) is 0 Å².